The molecule has 1 aliphatic carbocycles. The number of rotatable bonds is 3. The van der Waals surface area contributed by atoms with Crippen LogP contribution in [0.3, 0.4) is 0 Å². The van der Waals surface area contributed by atoms with Crippen LogP contribution in [0.4, 0.5) is 22.0 Å². The minimum Gasteiger partial charge on any atom is -0.435 e. The van der Waals surface area contributed by atoms with Gasteiger partial charge in [-0.2, -0.15) is 8.78 Å². The molecule has 0 unspecified atom stereocenters. The van der Waals surface area contributed by atoms with Gasteiger partial charge in [0.1, 0.15) is 11.6 Å². The Hall–Kier alpha value is -1.37. The maximum absolute atomic E-state index is 13.6. The maximum atomic E-state index is 13.6. The number of benzene rings is 1. The molecule has 1 aromatic rings. The molecule has 1 aliphatic rings. The second kappa shape index (κ2) is 4.08. The fraction of sp³-hybridized carbons (Fsp3) is 0.455. The number of nitrogens with two attached hydrogens (primary N) is 1. The van der Waals surface area contributed by atoms with Gasteiger partial charge in [-0.3, -0.25) is 0 Å². The van der Waals surface area contributed by atoms with Crippen LogP contribution in [0, 0.1) is 5.82 Å². The van der Waals surface area contributed by atoms with Crippen LogP contribution >= 0.6 is 0 Å². The number of ether oxygens (including phenoxy) is 1. The first kappa shape index (κ1) is 13.1. The Morgan fingerprint density at radius 1 is 1.22 bits per heavy atom. The van der Waals surface area contributed by atoms with Gasteiger partial charge in [-0.05, 0) is 6.07 Å². The lowest BCUT2D eigenvalue weighted by molar-refractivity contribution is -0.125. The summed E-state index contributed by atoms with van der Waals surface area (Å²) < 4.78 is 67.0. The van der Waals surface area contributed by atoms with E-state index >= 15 is 0 Å². The van der Waals surface area contributed by atoms with E-state index in [0.29, 0.717) is 6.07 Å². The van der Waals surface area contributed by atoms with E-state index in [1.165, 1.54) is 0 Å². The topological polar surface area (TPSA) is 35.2 Å². The average Bonchev–Trinajstić information content (AvgIpc) is 2.12. The summed E-state index contributed by atoms with van der Waals surface area (Å²) in [7, 11) is 0. The first-order valence-corrected chi connectivity index (χ1v) is 5.13. The smallest absolute Gasteiger partial charge is 0.387 e. The largest absolute Gasteiger partial charge is 0.435 e. The van der Waals surface area contributed by atoms with E-state index in [1.54, 1.807) is 0 Å². The van der Waals surface area contributed by atoms with Crippen molar-refractivity contribution in [1.82, 2.24) is 0 Å². The highest BCUT2D eigenvalue weighted by Crippen LogP contribution is 2.50. The molecule has 0 bridgehead atoms. The van der Waals surface area contributed by atoms with Crippen molar-refractivity contribution in [3.63, 3.8) is 0 Å². The highest BCUT2D eigenvalue weighted by molar-refractivity contribution is 5.35. The zero-order chi connectivity index (χ0) is 13.6. The van der Waals surface area contributed by atoms with Crippen LogP contribution in [0.5, 0.6) is 5.75 Å². The molecule has 0 aliphatic heterocycles. The van der Waals surface area contributed by atoms with E-state index in [-0.39, 0.29) is 11.3 Å². The Bertz CT molecular complexity index is 455. The minimum absolute atomic E-state index is 0.116. The van der Waals surface area contributed by atoms with E-state index in [0.717, 1.165) is 12.1 Å². The molecule has 0 saturated heterocycles. The fourth-order valence-electron chi connectivity index (χ4n) is 2.14. The molecule has 0 atom stereocenters. The van der Waals surface area contributed by atoms with Crippen LogP contribution in [0.1, 0.15) is 18.4 Å². The Morgan fingerprint density at radius 2 is 1.83 bits per heavy atom. The van der Waals surface area contributed by atoms with Gasteiger partial charge in [-0.15, -0.1) is 0 Å². The molecule has 18 heavy (non-hydrogen) atoms. The van der Waals surface area contributed by atoms with E-state index in [4.69, 9.17) is 5.73 Å². The van der Waals surface area contributed by atoms with Crippen molar-refractivity contribution in [3.05, 3.63) is 29.6 Å². The van der Waals surface area contributed by atoms with Crippen molar-refractivity contribution in [2.45, 2.75) is 30.9 Å². The summed E-state index contributed by atoms with van der Waals surface area (Å²) in [5.41, 5.74) is 4.08. The van der Waals surface area contributed by atoms with Crippen LogP contribution in [0.25, 0.3) is 0 Å². The number of alkyl halides is 4. The van der Waals surface area contributed by atoms with Crippen molar-refractivity contribution < 1.29 is 26.7 Å². The Balaban J connectivity index is 2.21. The van der Waals surface area contributed by atoms with Crippen LogP contribution < -0.4 is 10.5 Å². The van der Waals surface area contributed by atoms with Crippen molar-refractivity contribution >= 4 is 0 Å². The van der Waals surface area contributed by atoms with Gasteiger partial charge in [0.15, 0.2) is 0 Å². The monoisotopic (exact) mass is 267 g/mol. The molecule has 2 N–H and O–H groups in total. The van der Waals surface area contributed by atoms with E-state index in [2.05, 4.69) is 4.74 Å². The molecule has 7 heteroatoms. The van der Waals surface area contributed by atoms with Crippen LogP contribution in [0.2, 0.25) is 0 Å². The molecule has 0 spiro atoms. The van der Waals surface area contributed by atoms with Crippen molar-refractivity contribution in [2.24, 2.45) is 5.73 Å². The average molecular weight is 267 g/mol. The summed E-state index contributed by atoms with van der Waals surface area (Å²) in [6.45, 7) is -3.07. The quantitative estimate of drug-likeness (QED) is 0.854. The number of halogens is 5. The Labute approximate surface area is 99.5 Å². The zero-order valence-corrected chi connectivity index (χ0v) is 9.10. The molecule has 2 rings (SSSR count). The van der Waals surface area contributed by atoms with Gasteiger partial charge in [0, 0.05) is 24.5 Å². The summed E-state index contributed by atoms with van der Waals surface area (Å²) >= 11 is 0. The molecule has 0 radical (unpaired) electrons. The molecule has 1 aromatic carbocycles. The molecule has 1 fully saturated rings. The standard InChI is InChI=1S/C11H10F5NO/c12-8-3-6(18-9(13)14)1-2-7(8)10(17)4-11(15,16)5-10/h1-3,9H,4-5,17H2. The summed E-state index contributed by atoms with van der Waals surface area (Å²) in [6.07, 6.45) is -1.32. The van der Waals surface area contributed by atoms with E-state index in [9.17, 15) is 22.0 Å². The number of hydrogen-bond acceptors (Lipinski definition) is 2. The normalized spacial score (nSPS) is 20.6. The molecule has 1 saturated carbocycles. The molecule has 2 nitrogen and oxygen atoms in total. The van der Waals surface area contributed by atoms with Crippen LogP contribution in [-0.4, -0.2) is 12.5 Å². The van der Waals surface area contributed by atoms with Gasteiger partial charge in [-0.1, -0.05) is 6.07 Å². The summed E-state index contributed by atoms with van der Waals surface area (Å²) in [5.74, 6) is -4.20. The molecular weight excluding hydrogens is 257 g/mol. The molecule has 0 amide bonds. The van der Waals surface area contributed by atoms with E-state index < -0.39 is 36.7 Å². The van der Waals surface area contributed by atoms with Crippen LogP contribution in [-0.2, 0) is 5.54 Å². The van der Waals surface area contributed by atoms with Gasteiger partial charge >= 0.3 is 6.61 Å². The van der Waals surface area contributed by atoms with Crippen molar-refractivity contribution in [1.29, 1.82) is 0 Å². The lowest BCUT2D eigenvalue weighted by atomic mass is 9.69. The third-order valence-corrected chi connectivity index (χ3v) is 2.85. The lowest BCUT2D eigenvalue weighted by Crippen LogP contribution is -2.55. The van der Waals surface area contributed by atoms with E-state index in [1.807, 2.05) is 0 Å². The first-order chi connectivity index (χ1) is 8.22. The molecule has 100 valence electrons. The van der Waals surface area contributed by atoms with Crippen LogP contribution in [0.15, 0.2) is 18.2 Å². The van der Waals surface area contributed by atoms with Crippen molar-refractivity contribution in [2.75, 3.05) is 0 Å². The van der Waals surface area contributed by atoms with Gasteiger partial charge < -0.3 is 10.5 Å². The summed E-state index contributed by atoms with van der Waals surface area (Å²) in [4.78, 5) is 0. The molecular formula is C11H10F5NO. The second-order valence-electron chi connectivity index (χ2n) is 4.39. The maximum Gasteiger partial charge on any atom is 0.387 e. The fourth-order valence-corrected chi connectivity index (χ4v) is 2.14. The van der Waals surface area contributed by atoms with Gasteiger partial charge in [-0.25, -0.2) is 13.2 Å². The van der Waals surface area contributed by atoms with Gasteiger partial charge in [0.05, 0.1) is 5.54 Å². The zero-order valence-electron chi connectivity index (χ0n) is 9.10. The molecule has 0 aromatic heterocycles. The third-order valence-electron chi connectivity index (χ3n) is 2.85. The lowest BCUT2D eigenvalue weighted by Gasteiger charge is -2.44. The predicted molar refractivity (Wildman–Crippen MR) is 53.1 cm³/mol. The highest BCUT2D eigenvalue weighted by atomic mass is 19.3. The molecule has 0 heterocycles. The van der Waals surface area contributed by atoms with Gasteiger partial charge in [0.25, 0.3) is 5.92 Å². The Morgan fingerprint density at radius 3 is 2.28 bits per heavy atom. The van der Waals surface area contributed by atoms with Crippen molar-refractivity contribution in [3.8, 4) is 5.75 Å². The minimum atomic E-state index is -3.07. The SMILES string of the molecule is NC1(c2ccc(OC(F)F)cc2F)CC(F)(F)C1. The first-order valence-electron chi connectivity index (χ1n) is 5.13. The predicted octanol–water partition coefficient (Wildman–Crippen LogP) is 3.01. The third kappa shape index (κ3) is 2.40. The highest BCUT2D eigenvalue weighted by Gasteiger charge is 2.56. The number of hydrogen-bond donors (Lipinski definition) is 1. The summed E-state index contributed by atoms with van der Waals surface area (Å²) in [6, 6.07) is 2.89. The Kier molecular flexibility index (Phi) is 2.96. The summed E-state index contributed by atoms with van der Waals surface area (Å²) in [5, 5.41) is 0. The second-order valence-corrected chi connectivity index (χ2v) is 4.39. The van der Waals surface area contributed by atoms with Gasteiger partial charge in [0.2, 0.25) is 0 Å².